The van der Waals surface area contributed by atoms with Gasteiger partial charge in [0.1, 0.15) is 13.2 Å². The number of carbonyl (C=O) groups is 1. The molecule has 3 heterocycles. The van der Waals surface area contributed by atoms with Crippen LogP contribution in [0.5, 0.6) is 11.5 Å². The lowest BCUT2D eigenvalue weighted by atomic mass is 10.1. The highest BCUT2D eigenvalue weighted by atomic mass is 32.1. The summed E-state index contributed by atoms with van der Waals surface area (Å²) in [5, 5.41) is 13.1. The fourth-order valence-corrected chi connectivity index (χ4v) is 3.62. The Bertz CT molecular complexity index is 1170. The molecular weight excluding hydrogens is 390 g/mol. The highest BCUT2D eigenvalue weighted by Gasteiger charge is 2.16. The van der Waals surface area contributed by atoms with E-state index in [9.17, 15) is 4.79 Å². The van der Waals surface area contributed by atoms with Crippen molar-refractivity contribution in [3.8, 4) is 28.4 Å². The van der Waals surface area contributed by atoms with Gasteiger partial charge in [-0.2, -0.15) is 0 Å². The van der Waals surface area contributed by atoms with E-state index in [1.54, 1.807) is 10.9 Å². The number of amides is 1. The van der Waals surface area contributed by atoms with Crippen molar-refractivity contribution in [1.82, 2.24) is 20.0 Å². The second-order valence-electron chi connectivity index (χ2n) is 6.23. The van der Waals surface area contributed by atoms with Crippen LogP contribution in [0.1, 0.15) is 10.5 Å². The number of benzene rings is 2. The Hall–Kier alpha value is -3.72. The van der Waals surface area contributed by atoms with Gasteiger partial charge in [0.2, 0.25) is 0 Å². The molecule has 4 aromatic rings. The van der Waals surface area contributed by atoms with Crippen LogP contribution in [0.25, 0.3) is 16.9 Å². The molecule has 0 bridgehead atoms. The molecule has 0 saturated heterocycles. The minimum atomic E-state index is -0.366. The Morgan fingerprint density at radius 3 is 2.76 bits per heavy atom. The summed E-state index contributed by atoms with van der Waals surface area (Å²) in [6.45, 7) is 1.08. The van der Waals surface area contributed by atoms with E-state index in [0.29, 0.717) is 24.1 Å². The number of aromatic nitrogens is 4. The van der Waals surface area contributed by atoms with Crippen molar-refractivity contribution >= 4 is 22.4 Å². The minimum Gasteiger partial charge on any atom is -0.486 e. The maximum atomic E-state index is 12.5. The van der Waals surface area contributed by atoms with Gasteiger partial charge in [-0.3, -0.25) is 10.1 Å². The zero-order valence-corrected chi connectivity index (χ0v) is 15.9. The number of carbonyl (C=O) groups excluding carboxylic acids is 1. The predicted molar refractivity (Wildman–Crippen MR) is 108 cm³/mol. The Balaban J connectivity index is 1.31. The lowest BCUT2D eigenvalue weighted by molar-refractivity contribution is 0.102. The van der Waals surface area contributed by atoms with Crippen LogP contribution in [-0.4, -0.2) is 39.1 Å². The summed E-state index contributed by atoms with van der Waals surface area (Å²) in [4.78, 5) is 17.0. The number of hydrogen-bond acceptors (Lipinski definition) is 7. The summed E-state index contributed by atoms with van der Waals surface area (Å²) in [6.07, 6.45) is 1.58. The number of anilines is 1. The number of thiazole rings is 1. The van der Waals surface area contributed by atoms with Crippen molar-refractivity contribution < 1.29 is 14.3 Å². The van der Waals surface area contributed by atoms with Gasteiger partial charge in [-0.15, -0.1) is 16.4 Å². The first kappa shape index (κ1) is 17.4. The number of ether oxygens (including phenoxy) is 2. The quantitative estimate of drug-likeness (QED) is 0.559. The van der Waals surface area contributed by atoms with Crippen LogP contribution in [-0.2, 0) is 0 Å². The van der Waals surface area contributed by atoms with E-state index in [0.717, 1.165) is 22.7 Å². The lowest BCUT2D eigenvalue weighted by Gasteiger charge is -2.18. The zero-order valence-electron chi connectivity index (χ0n) is 15.1. The molecule has 8 nitrogen and oxygen atoms in total. The molecule has 0 aliphatic carbocycles. The normalized spacial score (nSPS) is 12.6. The minimum absolute atomic E-state index is 0.213. The Kier molecular flexibility index (Phi) is 4.41. The smallest absolute Gasteiger partial charge is 0.279 e. The van der Waals surface area contributed by atoms with Gasteiger partial charge in [0, 0.05) is 10.9 Å². The topological polar surface area (TPSA) is 91.2 Å². The Morgan fingerprint density at radius 2 is 1.90 bits per heavy atom. The summed E-state index contributed by atoms with van der Waals surface area (Å²) in [6, 6.07) is 15.1. The second kappa shape index (κ2) is 7.36. The van der Waals surface area contributed by atoms with Gasteiger partial charge in [-0.05, 0) is 30.3 Å². The molecule has 5 rings (SSSR count). The third-order valence-corrected chi connectivity index (χ3v) is 5.07. The average Bonchev–Trinajstić information content (AvgIpc) is 3.44. The van der Waals surface area contributed by atoms with E-state index in [1.807, 2.05) is 53.9 Å². The second-order valence-corrected chi connectivity index (χ2v) is 7.09. The highest BCUT2D eigenvalue weighted by molar-refractivity contribution is 7.14. The largest absolute Gasteiger partial charge is 0.486 e. The number of hydrogen-bond donors (Lipinski definition) is 1. The van der Waals surface area contributed by atoms with E-state index >= 15 is 0 Å². The molecule has 144 valence electrons. The summed E-state index contributed by atoms with van der Waals surface area (Å²) in [5.74, 6) is 1.06. The van der Waals surface area contributed by atoms with E-state index in [2.05, 4.69) is 20.6 Å². The standard InChI is InChI=1S/C20H15N5O3S/c26-19(15-11-25(24-23-15)14-4-2-1-3-5-14)22-20-21-16(12-29-20)13-6-7-17-18(10-13)28-9-8-27-17/h1-7,10-12H,8-9H2,(H,21,22,26). The van der Waals surface area contributed by atoms with Crippen LogP contribution in [0.3, 0.4) is 0 Å². The van der Waals surface area contributed by atoms with Gasteiger partial charge in [0.25, 0.3) is 5.91 Å². The molecule has 9 heteroatoms. The number of nitrogens with zero attached hydrogens (tertiary/aromatic N) is 4. The van der Waals surface area contributed by atoms with E-state index in [-0.39, 0.29) is 11.6 Å². The van der Waals surface area contributed by atoms with Crippen LogP contribution in [0.15, 0.2) is 60.1 Å². The van der Waals surface area contributed by atoms with Crippen molar-refractivity contribution in [2.24, 2.45) is 0 Å². The maximum Gasteiger partial charge on any atom is 0.279 e. The van der Waals surface area contributed by atoms with Crippen LogP contribution in [0, 0.1) is 0 Å². The molecule has 0 saturated carbocycles. The van der Waals surface area contributed by atoms with Gasteiger partial charge < -0.3 is 9.47 Å². The third-order valence-electron chi connectivity index (χ3n) is 4.31. The molecule has 0 spiro atoms. The van der Waals surface area contributed by atoms with Crippen molar-refractivity contribution in [3.63, 3.8) is 0 Å². The molecule has 0 radical (unpaired) electrons. The van der Waals surface area contributed by atoms with Gasteiger partial charge in [0.15, 0.2) is 22.3 Å². The lowest BCUT2D eigenvalue weighted by Crippen LogP contribution is -2.15. The molecule has 0 atom stereocenters. The third kappa shape index (κ3) is 3.55. The molecular formula is C20H15N5O3S. The van der Waals surface area contributed by atoms with Crippen LogP contribution < -0.4 is 14.8 Å². The number of nitrogens with one attached hydrogen (secondary N) is 1. The van der Waals surface area contributed by atoms with Crippen molar-refractivity contribution in [3.05, 3.63) is 65.8 Å². The Morgan fingerprint density at radius 1 is 1.07 bits per heavy atom. The first-order chi connectivity index (χ1) is 14.3. The van der Waals surface area contributed by atoms with Crippen molar-refractivity contribution in [2.75, 3.05) is 18.5 Å². The first-order valence-corrected chi connectivity index (χ1v) is 9.79. The summed E-state index contributed by atoms with van der Waals surface area (Å²) in [7, 11) is 0. The summed E-state index contributed by atoms with van der Waals surface area (Å²) < 4.78 is 12.7. The monoisotopic (exact) mass is 405 g/mol. The molecule has 2 aromatic carbocycles. The number of fused-ring (bicyclic) bond motifs is 1. The van der Waals surface area contributed by atoms with E-state index in [4.69, 9.17) is 9.47 Å². The fraction of sp³-hybridized carbons (Fsp3) is 0.100. The van der Waals surface area contributed by atoms with Gasteiger partial charge in [-0.25, -0.2) is 9.67 Å². The predicted octanol–water partition coefficient (Wildman–Crippen LogP) is 3.41. The zero-order chi connectivity index (χ0) is 19.6. The van der Waals surface area contributed by atoms with Crippen molar-refractivity contribution in [2.45, 2.75) is 0 Å². The molecule has 1 amide bonds. The molecule has 1 aliphatic heterocycles. The molecule has 0 unspecified atom stereocenters. The van der Waals surface area contributed by atoms with E-state index < -0.39 is 0 Å². The van der Waals surface area contributed by atoms with E-state index in [1.165, 1.54) is 11.3 Å². The molecule has 0 fully saturated rings. The van der Waals surface area contributed by atoms with Crippen molar-refractivity contribution in [1.29, 1.82) is 0 Å². The Labute approximate surface area is 169 Å². The van der Waals surface area contributed by atoms with Gasteiger partial charge in [-0.1, -0.05) is 23.4 Å². The summed E-state index contributed by atoms with van der Waals surface area (Å²) >= 11 is 1.34. The van der Waals surface area contributed by atoms with Crippen LogP contribution in [0.4, 0.5) is 5.13 Å². The van der Waals surface area contributed by atoms with Gasteiger partial charge in [0.05, 0.1) is 17.6 Å². The summed E-state index contributed by atoms with van der Waals surface area (Å²) in [5.41, 5.74) is 2.68. The number of para-hydroxylation sites is 1. The molecule has 2 aromatic heterocycles. The highest BCUT2D eigenvalue weighted by Crippen LogP contribution is 2.35. The average molecular weight is 405 g/mol. The maximum absolute atomic E-state index is 12.5. The number of rotatable bonds is 4. The van der Waals surface area contributed by atoms with Gasteiger partial charge >= 0.3 is 0 Å². The molecule has 1 N–H and O–H groups in total. The molecule has 29 heavy (non-hydrogen) atoms. The first-order valence-electron chi connectivity index (χ1n) is 8.91. The SMILES string of the molecule is O=C(Nc1nc(-c2ccc3c(c2)OCCO3)cs1)c1cn(-c2ccccc2)nn1. The fourth-order valence-electron chi connectivity index (χ4n) is 2.90. The van der Waals surface area contributed by atoms with Crippen LogP contribution >= 0.6 is 11.3 Å². The molecule has 1 aliphatic rings. The van der Waals surface area contributed by atoms with Crippen LogP contribution in [0.2, 0.25) is 0 Å².